The summed E-state index contributed by atoms with van der Waals surface area (Å²) in [6, 6.07) is 16.5. The molecular weight excluding hydrogens is 440 g/mol. The first-order valence-electron chi connectivity index (χ1n) is 12.9. The van der Waals surface area contributed by atoms with Crippen molar-refractivity contribution in [2.75, 3.05) is 57.8 Å². The first-order valence-corrected chi connectivity index (χ1v) is 12.9. The van der Waals surface area contributed by atoms with Gasteiger partial charge in [0.25, 0.3) is 0 Å². The third-order valence-corrected chi connectivity index (χ3v) is 7.73. The van der Waals surface area contributed by atoms with Gasteiger partial charge < -0.3 is 19.9 Å². The van der Waals surface area contributed by atoms with Crippen LogP contribution >= 0.6 is 0 Å². The number of fused-ring (bicyclic) bond motifs is 3. The maximum atomic E-state index is 13.4. The topological polar surface area (TPSA) is 65.1 Å². The number of hydrogen-bond acceptors (Lipinski definition) is 5. The van der Waals surface area contributed by atoms with Crippen LogP contribution in [0.4, 0.5) is 5.69 Å². The van der Waals surface area contributed by atoms with Gasteiger partial charge in [-0.25, -0.2) is 0 Å². The summed E-state index contributed by atoms with van der Waals surface area (Å²) in [5.41, 5.74) is 3.65. The molecule has 7 nitrogen and oxygen atoms in total. The predicted molar refractivity (Wildman–Crippen MR) is 137 cm³/mol. The van der Waals surface area contributed by atoms with E-state index in [9.17, 15) is 9.59 Å². The minimum absolute atomic E-state index is 0.0750. The van der Waals surface area contributed by atoms with Crippen LogP contribution in [0.2, 0.25) is 0 Å². The Hall–Kier alpha value is -3.06. The number of nitrogens with zero attached hydrogens (tertiary/aromatic N) is 3. The number of methoxy groups -OCH3 is 1. The van der Waals surface area contributed by atoms with Crippen LogP contribution in [0.15, 0.2) is 48.5 Å². The SMILES string of the molecule is COc1ccc(CCNC(=O)C2Cc3ccccc3N3CCN(CC(=O)N4CCCC4)CC23)cc1. The number of benzene rings is 2. The molecule has 5 rings (SSSR count). The van der Waals surface area contributed by atoms with E-state index in [1.165, 1.54) is 16.8 Å². The maximum Gasteiger partial charge on any atom is 0.236 e. The fourth-order valence-electron chi connectivity index (χ4n) is 5.77. The number of carbonyl (C=O) groups excluding carboxylic acids is 2. The second-order valence-electron chi connectivity index (χ2n) is 9.91. The Bertz CT molecular complexity index is 1030. The highest BCUT2D eigenvalue weighted by molar-refractivity contribution is 5.82. The van der Waals surface area contributed by atoms with Gasteiger partial charge in [0, 0.05) is 45.0 Å². The highest BCUT2D eigenvalue weighted by Gasteiger charge is 2.41. The van der Waals surface area contributed by atoms with Gasteiger partial charge in [0.05, 0.1) is 25.6 Å². The van der Waals surface area contributed by atoms with E-state index in [0.717, 1.165) is 64.2 Å². The highest BCUT2D eigenvalue weighted by Crippen LogP contribution is 2.36. The fourth-order valence-corrected chi connectivity index (χ4v) is 5.77. The van der Waals surface area contributed by atoms with Gasteiger partial charge in [0.2, 0.25) is 11.8 Å². The number of carbonyl (C=O) groups is 2. The molecular formula is C28H36N4O3. The summed E-state index contributed by atoms with van der Waals surface area (Å²) in [5.74, 6) is 1.04. The lowest BCUT2D eigenvalue weighted by Crippen LogP contribution is -2.62. The monoisotopic (exact) mass is 476 g/mol. The van der Waals surface area contributed by atoms with Crippen LogP contribution in [0.1, 0.15) is 24.0 Å². The molecule has 1 N–H and O–H groups in total. The molecule has 0 aliphatic carbocycles. The van der Waals surface area contributed by atoms with E-state index in [0.29, 0.717) is 13.1 Å². The van der Waals surface area contributed by atoms with Gasteiger partial charge in [-0.1, -0.05) is 30.3 Å². The summed E-state index contributed by atoms with van der Waals surface area (Å²) >= 11 is 0. The minimum Gasteiger partial charge on any atom is -0.497 e. The first kappa shape index (κ1) is 23.7. The lowest BCUT2D eigenvalue weighted by molar-refractivity contribution is -0.131. The molecule has 0 spiro atoms. The Kier molecular flexibility index (Phi) is 7.23. The maximum absolute atomic E-state index is 13.4. The van der Waals surface area contributed by atoms with Crippen LogP contribution in [0, 0.1) is 5.92 Å². The lowest BCUT2D eigenvalue weighted by Gasteiger charge is -2.49. The molecule has 3 aliphatic heterocycles. The van der Waals surface area contributed by atoms with Crippen LogP contribution in [0.3, 0.4) is 0 Å². The zero-order valence-corrected chi connectivity index (χ0v) is 20.6. The molecule has 3 aliphatic rings. The van der Waals surface area contributed by atoms with E-state index >= 15 is 0 Å². The van der Waals surface area contributed by atoms with Crippen molar-refractivity contribution in [1.29, 1.82) is 0 Å². The van der Waals surface area contributed by atoms with Crippen LogP contribution in [-0.4, -0.2) is 80.6 Å². The molecule has 2 unspecified atom stereocenters. The second-order valence-corrected chi connectivity index (χ2v) is 9.91. The highest BCUT2D eigenvalue weighted by atomic mass is 16.5. The Labute approximate surface area is 208 Å². The van der Waals surface area contributed by atoms with E-state index < -0.39 is 0 Å². The third-order valence-electron chi connectivity index (χ3n) is 7.73. The van der Waals surface area contributed by atoms with E-state index in [-0.39, 0.29) is 23.8 Å². The quantitative estimate of drug-likeness (QED) is 0.665. The molecule has 3 heterocycles. The van der Waals surface area contributed by atoms with E-state index in [2.05, 4.69) is 39.4 Å². The molecule has 35 heavy (non-hydrogen) atoms. The Balaban J connectivity index is 1.25. The Morgan fingerprint density at radius 2 is 1.77 bits per heavy atom. The molecule has 0 aromatic heterocycles. The van der Waals surface area contributed by atoms with Gasteiger partial charge in [-0.3, -0.25) is 14.5 Å². The fraction of sp³-hybridized carbons (Fsp3) is 0.500. The van der Waals surface area contributed by atoms with Crippen molar-refractivity contribution < 1.29 is 14.3 Å². The third kappa shape index (κ3) is 5.30. The number of para-hydroxylation sites is 1. The number of likely N-dealkylation sites (tertiary alicyclic amines) is 1. The summed E-state index contributed by atoms with van der Waals surface area (Å²) < 4.78 is 5.23. The standard InChI is InChI=1S/C28H36N4O3/c1-35-23-10-8-21(9-11-23)12-13-29-28(34)24-18-22-6-2-3-7-25(22)32-17-16-30(19-26(24)32)20-27(33)31-14-4-5-15-31/h2-3,6-11,24,26H,4-5,12-20H2,1H3,(H,29,34). The Morgan fingerprint density at radius 1 is 1.00 bits per heavy atom. The largest absolute Gasteiger partial charge is 0.497 e. The van der Waals surface area contributed by atoms with Crippen molar-refractivity contribution >= 4 is 17.5 Å². The molecule has 2 saturated heterocycles. The molecule has 0 radical (unpaired) electrons. The number of amides is 2. The summed E-state index contributed by atoms with van der Waals surface area (Å²) in [5, 5.41) is 3.20. The normalized spacial score (nSPS) is 21.9. The van der Waals surface area contributed by atoms with Gasteiger partial charge >= 0.3 is 0 Å². The molecule has 2 fully saturated rings. The summed E-state index contributed by atoms with van der Waals surface area (Å²) in [6.45, 7) is 5.25. The van der Waals surface area contributed by atoms with Crippen molar-refractivity contribution in [2.45, 2.75) is 31.7 Å². The van der Waals surface area contributed by atoms with Crippen LogP contribution in [-0.2, 0) is 22.4 Å². The molecule has 7 heteroatoms. The molecule has 0 bridgehead atoms. The smallest absolute Gasteiger partial charge is 0.236 e. The van der Waals surface area contributed by atoms with Gasteiger partial charge in [0.15, 0.2) is 0 Å². The van der Waals surface area contributed by atoms with Crippen molar-refractivity contribution in [3.63, 3.8) is 0 Å². The summed E-state index contributed by atoms with van der Waals surface area (Å²) in [7, 11) is 1.66. The molecule has 186 valence electrons. The van der Waals surface area contributed by atoms with Crippen molar-refractivity contribution in [2.24, 2.45) is 5.92 Å². The molecule has 2 atom stereocenters. The molecule has 2 amide bonds. The predicted octanol–water partition coefficient (Wildman–Crippen LogP) is 2.34. The van der Waals surface area contributed by atoms with Crippen molar-refractivity contribution in [3.8, 4) is 5.75 Å². The number of nitrogens with one attached hydrogen (secondary N) is 1. The van der Waals surface area contributed by atoms with Gasteiger partial charge in [0.1, 0.15) is 5.75 Å². The molecule has 0 saturated carbocycles. The number of rotatable bonds is 7. The van der Waals surface area contributed by atoms with Crippen LogP contribution in [0.25, 0.3) is 0 Å². The number of ether oxygens (including phenoxy) is 1. The van der Waals surface area contributed by atoms with Crippen molar-refractivity contribution in [1.82, 2.24) is 15.1 Å². The number of hydrogen-bond donors (Lipinski definition) is 1. The average Bonchev–Trinajstić information content (AvgIpc) is 3.44. The zero-order valence-electron chi connectivity index (χ0n) is 20.6. The lowest BCUT2D eigenvalue weighted by atomic mass is 9.83. The zero-order chi connectivity index (χ0) is 24.2. The number of anilines is 1. The first-order chi connectivity index (χ1) is 17.1. The van der Waals surface area contributed by atoms with Crippen LogP contribution in [0.5, 0.6) is 5.75 Å². The van der Waals surface area contributed by atoms with E-state index in [1.54, 1.807) is 7.11 Å². The van der Waals surface area contributed by atoms with Gasteiger partial charge in [-0.15, -0.1) is 0 Å². The molecule has 2 aromatic rings. The minimum atomic E-state index is -0.134. The molecule has 2 aromatic carbocycles. The van der Waals surface area contributed by atoms with Gasteiger partial charge in [-0.2, -0.15) is 0 Å². The second kappa shape index (κ2) is 10.7. The Morgan fingerprint density at radius 3 is 2.54 bits per heavy atom. The number of piperazine rings is 1. The van der Waals surface area contributed by atoms with E-state index in [4.69, 9.17) is 4.74 Å². The van der Waals surface area contributed by atoms with Gasteiger partial charge in [-0.05, 0) is 55.0 Å². The van der Waals surface area contributed by atoms with Crippen molar-refractivity contribution in [3.05, 3.63) is 59.7 Å². The summed E-state index contributed by atoms with van der Waals surface area (Å²) in [6.07, 6.45) is 3.74. The summed E-state index contributed by atoms with van der Waals surface area (Å²) in [4.78, 5) is 32.9. The van der Waals surface area contributed by atoms with E-state index in [1.807, 2.05) is 29.2 Å². The average molecular weight is 477 g/mol. The van der Waals surface area contributed by atoms with Crippen LogP contribution < -0.4 is 15.0 Å².